The SMILES string of the molecule is COC(=O)C(C(=O)OC)[C@H](/C=C\c1ccccc1)c1ccccc1. The number of ether oxygens (including phenoxy) is 2. The molecular weight excluding hydrogens is 304 g/mol. The first kappa shape index (κ1) is 17.5. The summed E-state index contributed by atoms with van der Waals surface area (Å²) in [5.74, 6) is -2.77. The number of rotatable bonds is 6. The molecule has 2 rings (SSSR count). The van der Waals surface area contributed by atoms with E-state index in [1.54, 1.807) is 0 Å². The number of hydrogen-bond acceptors (Lipinski definition) is 4. The third kappa shape index (κ3) is 4.32. The molecule has 0 spiro atoms. The van der Waals surface area contributed by atoms with Crippen molar-refractivity contribution in [3.05, 3.63) is 77.9 Å². The van der Waals surface area contributed by atoms with Gasteiger partial charge in [0.2, 0.25) is 0 Å². The standard InChI is InChI=1S/C20H20O4/c1-23-19(21)18(20(22)24-2)17(16-11-7-4-8-12-16)14-13-15-9-5-3-6-10-15/h3-14,17-18H,1-2H3/b14-13-/t17-/m1/s1. The van der Waals surface area contributed by atoms with Gasteiger partial charge < -0.3 is 9.47 Å². The first-order chi connectivity index (χ1) is 11.7. The molecule has 2 aromatic rings. The molecule has 4 heteroatoms. The maximum Gasteiger partial charge on any atom is 0.321 e. The molecule has 124 valence electrons. The van der Waals surface area contributed by atoms with E-state index in [1.165, 1.54) is 14.2 Å². The number of carbonyl (C=O) groups excluding carboxylic acids is 2. The van der Waals surface area contributed by atoms with Crippen molar-refractivity contribution in [3.63, 3.8) is 0 Å². The summed E-state index contributed by atoms with van der Waals surface area (Å²) in [4.78, 5) is 24.4. The van der Waals surface area contributed by atoms with E-state index >= 15 is 0 Å². The Hall–Kier alpha value is -2.88. The zero-order valence-corrected chi connectivity index (χ0v) is 13.7. The smallest absolute Gasteiger partial charge is 0.321 e. The van der Waals surface area contributed by atoms with Crippen molar-refractivity contribution < 1.29 is 19.1 Å². The molecule has 0 aliphatic carbocycles. The third-order valence-electron chi connectivity index (χ3n) is 3.75. The zero-order valence-electron chi connectivity index (χ0n) is 13.7. The van der Waals surface area contributed by atoms with Gasteiger partial charge in [-0.2, -0.15) is 0 Å². The zero-order chi connectivity index (χ0) is 17.4. The maximum atomic E-state index is 12.2. The van der Waals surface area contributed by atoms with Gasteiger partial charge in [-0.3, -0.25) is 9.59 Å². The molecule has 0 N–H and O–H groups in total. The van der Waals surface area contributed by atoms with Gasteiger partial charge in [-0.05, 0) is 11.1 Å². The molecule has 0 aliphatic rings. The summed E-state index contributed by atoms with van der Waals surface area (Å²) >= 11 is 0. The van der Waals surface area contributed by atoms with E-state index in [2.05, 4.69) is 0 Å². The third-order valence-corrected chi connectivity index (χ3v) is 3.75. The molecule has 0 radical (unpaired) electrons. The number of benzene rings is 2. The van der Waals surface area contributed by atoms with Gasteiger partial charge in [0.15, 0.2) is 5.92 Å². The van der Waals surface area contributed by atoms with Gasteiger partial charge in [0.1, 0.15) is 0 Å². The topological polar surface area (TPSA) is 52.6 Å². The van der Waals surface area contributed by atoms with E-state index in [9.17, 15) is 9.59 Å². The average Bonchev–Trinajstić information content (AvgIpc) is 2.65. The Balaban J connectivity index is 2.43. The number of allylic oxidation sites excluding steroid dienone is 1. The van der Waals surface area contributed by atoms with Crippen molar-refractivity contribution in [2.24, 2.45) is 5.92 Å². The van der Waals surface area contributed by atoms with Gasteiger partial charge >= 0.3 is 11.9 Å². The number of hydrogen-bond donors (Lipinski definition) is 0. The van der Waals surface area contributed by atoms with E-state index in [0.717, 1.165) is 11.1 Å². The highest BCUT2D eigenvalue weighted by atomic mass is 16.5. The van der Waals surface area contributed by atoms with Gasteiger partial charge in [-0.25, -0.2) is 0 Å². The summed E-state index contributed by atoms with van der Waals surface area (Å²) in [6.45, 7) is 0. The second-order valence-electron chi connectivity index (χ2n) is 5.23. The Bertz CT molecular complexity index is 676. The summed E-state index contributed by atoms with van der Waals surface area (Å²) in [6, 6.07) is 19.0. The summed E-state index contributed by atoms with van der Waals surface area (Å²) in [6.07, 6.45) is 3.72. The highest BCUT2D eigenvalue weighted by Crippen LogP contribution is 2.29. The van der Waals surface area contributed by atoms with Crippen molar-refractivity contribution in [1.82, 2.24) is 0 Å². The minimum absolute atomic E-state index is 0.480. The van der Waals surface area contributed by atoms with Crippen LogP contribution >= 0.6 is 0 Å². The van der Waals surface area contributed by atoms with Crippen LogP contribution in [0.5, 0.6) is 0 Å². The van der Waals surface area contributed by atoms with Gasteiger partial charge in [0.05, 0.1) is 14.2 Å². The van der Waals surface area contributed by atoms with Crippen LogP contribution in [-0.2, 0) is 19.1 Å². The lowest BCUT2D eigenvalue weighted by molar-refractivity contribution is -0.159. The van der Waals surface area contributed by atoms with Crippen molar-refractivity contribution >= 4 is 18.0 Å². The second kappa shape index (κ2) is 8.67. The Kier molecular flexibility index (Phi) is 6.32. The number of esters is 2. The monoisotopic (exact) mass is 324 g/mol. The largest absolute Gasteiger partial charge is 0.468 e. The molecule has 24 heavy (non-hydrogen) atoms. The minimum atomic E-state index is -1.05. The predicted octanol–water partition coefficient (Wildman–Crippen LogP) is 3.45. The normalized spacial score (nSPS) is 12.1. The van der Waals surface area contributed by atoms with Crippen LogP contribution in [0.25, 0.3) is 6.08 Å². The van der Waals surface area contributed by atoms with Crippen LogP contribution in [0.1, 0.15) is 17.0 Å². The predicted molar refractivity (Wildman–Crippen MR) is 92.2 cm³/mol. The van der Waals surface area contributed by atoms with Crippen LogP contribution in [0, 0.1) is 5.92 Å². The summed E-state index contributed by atoms with van der Waals surface area (Å²) < 4.78 is 9.63. The summed E-state index contributed by atoms with van der Waals surface area (Å²) in [5, 5.41) is 0. The molecule has 0 saturated carbocycles. The van der Waals surface area contributed by atoms with Crippen LogP contribution in [0.15, 0.2) is 66.7 Å². The van der Waals surface area contributed by atoms with Crippen LogP contribution in [0.2, 0.25) is 0 Å². The molecule has 0 amide bonds. The Labute approximate surface area is 141 Å². The lowest BCUT2D eigenvalue weighted by Gasteiger charge is -2.21. The highest BCUT2D eigenvalue weighted by Gasteiger charge is 2.36. The Morgan fingerprint density at radius 2 is 1.33 bits per heavy atom. The lowest BCUT2D eigenvalue weighted by atomic mass is 9.85. The van der Waals surface area contributed by atoms with Gasteiger partial charge in [-0.15, -0.1) is 0 Å². The molecule has 2 aromatic carbocycles. The second-order valence-corrected chi connectivity index (χ2v) is 5.23. The fourth-order valence-corrected chi connectivity index (χ4v) is 2.51. The molecule has 0 heterocycles. The molecule has 4 nitrogen and oxygen atoms in total. The molecule has 1 atom stereocenters. The van der Waals surface area contributed by atoms with E-state index in [1.807, 2.05) is 72.8 Å². The first-order valence-electron chi connectivity index (χ1n) is 7.61. The van der Waals surface area contributed by atoms with Crippen molar-refractivity contribution in [3.8, 4) is 0 Å². The van der Waals surface area contributed by atoms with Crippen LogP contribution in [-0.4, -0.2) is 26.2 Å². The van der Waals surface area contributed by atoms with E-state index in [-0.39, 0.29) is 0 Å². The van der Waals surface area contributed by atoms with Gasteiger partial charge in [0, 0.05) is 5.92 Å². The fourth-order valence-electron chi connectivity index (χ4n) is 2.51. The Morgan fingerprint density at radius 3 is 1.83 bits per heavy atom. The van der Waals surface area contributed by atoms with Gasteiger partial charge in [0.25, 0.3) is 0 Å². The lowest BCUT2D eigenvalue weighted by Crippen LogP contribution is -2.31. The molecule has 0 bridgehead atoms. The van der Waals surface area contributed by atoms with E-state index in [4.69, 9.17) is 9.47 Å². The van der Waals surface area contributed by atoms with Crippen molar-refractivity contribution in [2.75, 3.05) is 14.2 Å². The average molecular weight is 324 g/mol. The van der Waals surface area contributed by atoms with Crippen LogP contribution < -0.4 is 0 Å². The van der Waals surface area contributed by atoms with Crippen molar-refractivity contribution in [2.45, 2.75) is 5.92 Å². The first-order valence-corrected chi connectivity index (χ1v) is 7.61. The summed E-state index contributed by atoms with van der Waals surface area (Å²) in [7, 11) is 2.53. The molecular formula is C20H20O4. The molecule has 0 aromatic heterocycles. The van der Waals surface area contributed by atoms with E-state index in [0.29, 0.717) is 0 Å². The quantitative estimate of drug-likeness (QED) is 0.603. The number of methoxy groups -OCH3 is 2. The maximum absolute atomic E-state index is 12.2. The summed E-state index contributed by atoms with van der Waals surface area (Å²) in [5.41, 5.74) is 1.82. The molecule has 0 saturated heterocycles. The molecule has 0 unspecified atom stereocenters. The minimum Gasteiger partial charge on any atom is -0.468 e. The molecule has 0 aliphatic heterocycles. The van der Waals surface area contributed by atoms with Crippen LogP contribution in [0.4, 0.5) is 0 Å². The van der Waals surface area contributed by atoms with E-state index < -0.39 is 23.8 Å². The Morgan fingerprint density at radius 1 is 0.833 bits per heavy atom. The number of carbonyl (C=O) groups is 2. The fraction of sp³-hybridized carbons (Fsp3) is 0.200. The van der Waals surface area contributed by atoms with Crippen LogP contribution in [0.3, 0.4) is 0 Å². The van der Waals surface area contributed by atoms with Gasteiger partial charge in [-0.1, -0.05) is 72.8 Å². The molecule has 0 fully saturated rings. The van der Waals surface area contributed by atoms with Crippen molar-refractivity contribution in [1.29, 1.82) is 0 Å². The highest BCUT2D eigenvalue weighted by molar-refractivity contribution is 5.96.